The lowest BCUT2D eigenvalue weighted by molar-refractivity contribution is 0.324. The van der Waals surface area contributed by atoms with Crippen LogP contribution in [0.2, 0.25) is 0 Å². The molecular weight excluding hydrogens is 336 g/mol. The largest absolute Gasteiger partial charge is 0.504 e. The molecule has 0 fully saturated rings. The Morgan fingerprint density at radius 1 is 0.808 bits per heavy atom. The predicted molar refractivity (Wildman–Crippen MR) is 97.3 cm³/mol. The maximum atomic E-state index is 9.82. The first kappa shape index (κ1) is 17.5. The monoisotopic (exact) mass is 356 g/mol. The van der Waals surface area contributed by atoms with Crippen molar-refractivity contribution in [1.82, 2.24) is 10.2 Å². The summed E-state index contributed by atoms with van der Waals surface area (Å²) in [5, 5.41) is 17.0. The van der Waals surface area contributed by atoms with Crippen molar-refractivity contribution in [2.24, 2.45) is 0 Å². The highest BCUT2D eigenvalue weighted by molar-refractivity contribution is 5.83. The zero-order valence-corrected chi connectivity index (χ0v) is 15.0. The third-order valence-electron chi connectivity index (χ3n) is 4.08. The van der Waals surface area contributed by atoms with E-state index in [9.17, 15) is 5.11 Å². The van der Waals surface area contributed by atoms with Crippen LogP contribution in [0.15, 0.2) is 36.5 Å². The number of rotatable bonds is 6. The minimum atomic E-state index is 0.0742. The van der Waals surface area contributed by atoms with Gasteiger partial charge in [-0.1, -0.05) is 0 Å². The highest BCUT2D eigenvalue weighted by atomic mass is 16.5. The van der Waals surface area contributed by atoms with Crippen molar-refractivity contribution in [3.8, 4) is 51.1 Å². The van der Waals surface area contributed by atoms with Crippen molar-refractivity contribution in [3.63, 3.8) is 0 Å². The van der Waals surface area contributed by atoms with Crippen molar-refractivity contribution >= 4 is 0 Å². The first-order chi connectivity index (χ1) is 12.6. The SMILES string of the molecule is COc1cc(-c2[nH]ncc2-c2cc(OC)c(OC)c(OC)c2)ccc1O. The zero-order chi connectivity index (χ0) is 18.7. The average Bonchev–Trinajstić information content (AvgIpc) is 3.16. The van der Waals surface area contributed by atoms with E-state index in [-0.39, 0.29) is 5.75 Å². The second-order valence-electron chi connectivity index (χ2n) is 5.46. The molecule has 2 N–H and O–H groups in total. The Labute approximate surface area is 151 Å². The van der Waals surface area contributed by atoms with Gasteiger partial charge in [0, 0.05) is 11.1 Å². The maximum absolute atomic E-state index is 9.82. The van der Waals surface area contributed by atoms with Crippen LogP contribution >= 0.6 is 0 Å². The first-order valence-corrected chi connectivity index (χ1v) is 7.84. The number of H-pyrrole nitrogens is 1. The van der Waals surface area contributed by atoms with E-state index >= 15 is 0 Å². The van der Waals surface area contributed by atoms with E-state index in [2.05, 4.69) is 10.2 Å². The number of hydrogen-bond acceptors (Lipinski definition) is 6. The summed E-state index contributed by atoms with van der Waals surface area (Å²) < 4.78 is 21.4. The van der Waals surface area contributed by atoms with Gasteiger partial charge in [0.1, 0.15) is 0 Å². The molecule has 3 rings (SSSR count). The summed E-state index contributed by atoms with van der Waals surface area (Å²) in [6.07, 6.45) is 1.72. The van der Waals surface area contributed by atoms with Gasteiger partial charge in [-0.3, -0.25) is 5.10 Å². The Morgan fingerprint density at radius 2 is 1.42 bits per heavy atom. The van der Waals surface area contributed by atoms with Crippen LogP contribution in [-0.2, 0) is 0 Å². The number of phenols is 1. The van der Waals surface area contributed by atoms with Gasteiger partial charge in [-0.25, -0.2) is 0 Å². The van der Waals surface area contributed by atoms with Crippen molar-refractivity contribution < 1.29 is 24.1 Å². The van der Waals surface area contributed by atoms with E-state index in [1.807, 2.05) is 12.1 Å². The molecule has 0 saturated carbocycles. The van der Waals surface area contributed by atoms with Crippen LogP contribution in [0.4, 0.5) is 0 Å². The molecule has 7 heteroatoms. The number of hydrogen-bond donors (Lipinski definition) is 2. The van der Waals surface area contributed by atoms with Gasteiger partial charge in [-0.05, 0) is 35.9 Å². The molecule has 0 unspecified atom stereocenters. The second kappa shape index (κ2) is 7.26. The first-order valence-electron chi connectivity index (χ1n) is 7.84. The molecule has 0 bridgehead atoms. The molecule has 0 aliphatic rings. The number of ether oxygens (including phenoxy) is 4. The minimum absolute atomic E-state index is 0.0742. The molecule has 26 heavy (non-hydrogen) atoms. The van der Waals surface area contributed by atoms with Gasteiger partial charge in [0.15, 0.2) is 23.0 Å². The van der Waals surface area contributed by atoms with Crippen LogP contribution in [0.25, 0.3) is 22.4 Å². The molecule has 1 aromatic heterocycles. The van der Waals surface area contributed by atoms with E-state index < -0.39 is 0 Å². The standard InChI is InChI=1S/C19H20N2O5/c1-23-15-7-11(5-6-14(15)22)18-13(10-20-21-18)12-8-16(24-2)19(26-4)17(9-12)25-3/h5-10,22H,1-4H3,(H,20,21). The third-order valence-corrected chi connectivity index (χ3v) is 4.08. The lowest BCUT2D eigenvalue weighted by atomic mass is 10.0. The molecule has 0 spiro atoms. The number of aromatic amines is 1. The van der Waals surface area contributed by atoms with E-state index in [1.54, 1.807) is 45.7 Å². The van der Waals surface area contributed by atoms with Crippen LogP contribution in [0.5, 0.6) is 28.7 Å². The van der Waals surface area contributed by atoms with Crippen LogP contribution < -0.4 is 18.9 Å². The predicted octanol–water partition coefficient (Wildman–Crippen LogP) is 3.48. The van der Waals surface area contributed by atoms with Gasteiger partial charge in [0.2, 0.25) is 5.75 Å². The van der Waals surface area contributed by atoms with Crippen molar-refractivity contribution in [2.75, 3.05) is 28.4 Å². The molecule has 136 valence electrons. The van der Waals surface area contributed by atoms with Gasteiger partial charge >= 0.3 is 0 Å². The van der Waals surface area contributed by atoms with Gasteiger partial charge in [-0.15, -0.1) is 0 Å². The summed E-state index contributed by atoms with van der Waals surface area (Å²) in [7, 11) is 6.21. The summed E-state index contributed by atoms with van der Waals surface area (Å²) >= 11 is 0. The number of nitrogens with one attached hydrogen (secondary N) is 1. The molecule has 0 saturated heterocycles. The van der Waals surface area contributed by atoms with Crippen LogP contribution in [0.3, 0.4) is 0 Å². The molecule has 0 aliphatic carbocycles. The molecule has 1 heterocycles. The summed E-state index contributed by atoms with van der Waals surface area (Å²) in [5.74, 6) is 2.09. The molecule has 0 aliphatic heterocycles. The number of benzene rings is 2. The second-order valence-corrected chi connectivity index (χ2v) is 5.46. The zero-order valence-electron chi connectivity index (χ0n) is 15.0. The van der Waals surface area contributed by atoms with E-state index in [0.29, 0.717) is 23.0 Å². The third kappa shape index (κ3) is 2.99. The summed E-state index contributed by atoms with van der Waals surface area (Å²) in [6, 6.07) is 8.81. The lowest BCUT2D eigenvalue weighted by Crippen LogP contribution is -1.96. The van der Waals surface area contributed by atoms with E-state index in [1.165, 1.54) is 7.11 Å². The van der Waals surface area contributed by atoms with Gasteiger partial charge < -0.3 is 24.1 Å². The smallest absolute Gasteiger partial charge is 0.203 e. The highest BCUT2D eigenvalue weighted by Crippen LogP contribution is 2.43. The Bertz CT molecular complexity index is 895. The van der Waals surface area contributed by atoms with Gasteiger partial charge in [0.25, 0.3) is 0 Å². The van der Waals surface area contributed by atoms with Crippen LogP contribution in [-0.4, -0.2) is 43.7 Å². The summed E-state index contributed by atoms with van der Waals surface area (Å²) in [5.41, 5.74) is 3.28. The maximum Gasteiger partial charge on any atom is 0.203 e. The fraction of sp³-hybridized carbons (Fsp3) is 0.211. The molecular formula is C19H20N2O5. The molecule has 0 amide bonds. The Hall–Kier alpha value is -3.35. The van der Waals surface area contributed by atoms with E-state index in [4.69, 9.17) is 18.9 Å². The normalized spacial score (nSPS) is 10.5. The molecule has 0 radical (unpaired) electrons. The van der Waals surface area contributed by atoms with Crippen molar-refractivity contribution in [1.29, 1.82) is 0 Å². The summed E-state index contributed by atoms with van der Waals surface area (Å²) in [6.45, 7) is 0. The Kier molecular flexibility index (Phi) is 4.88. The number of nitrogens with zero attached hydrogens (tertiary/aromatic N) is 1. The summed E-state index contributed by atoms with van der Waals surface area (Å²) in [4.78, 5) is 0. The Balaban J connectivity index is 2.14. The molecule has 2 aromatic carbocycles. The van der Waals surface area contributed by atoms with Crippen molar-refractivity contribution in [3.05, 3.63) is 36.5 Å². The lowest BCUT2D eigenvalue weighted by Gasteiger charge is -2.14. The van der Waals surface area contributed by atoms with E-state index in [0.717, 1.165) is 22.4 Å². The fourth-order valence-electron chi connectivity index (χ4n) is 2.79. The minimum Gasteiger partial charge on any atom is -0.504 e. The number of aromatic nitrogens is 2. The number of methoxy groups -OCH3 is 4. The Morgan fingerprint density at radius 3 is 2.00 bits per heavy atom. The van der Waals surface area contributed by atoms with Gasteiger partial charge in [-0.2, -0.15) is 5.10 Å². The van der Waals surface area contributed by atoms with Gasteiger partial charge in [0.05, 0.1) is 40.3 Å². The van der Waals surface area contributed by atoms with Crippen LogP contribution in [0, 0.1) is 0 Å². The molecule has 3 aromatic rings. The fourth-order valence-corrected chi connectivity index (χ4v) is 2.79. The molecule has 7 nitrogen and oxygen atoms in total. The molecule has 0 atom stereocenters. The topological polar surface area (TPSA) is 85.8 Å². The number of aromatic hydroxyl groups is 1. The quantitative estimate of drug-likeness (QED) is 0.703. The van der Waals surface area contributed by atoms with Crippen molar-refractivity contribution in [2.45, 2.75) is 0 Å². The highest BCUT2D eigenvalue weighted by Gasteiger charge is 2.18. The average molecular weight is 356 g/mol. The number of phenolic OH excluding ortho intramolecular Hbond substituents is 1. The van der Waals surface area contributed by atoms with Crippen LogP contribution in [0.1, 0.15) is 0 Å².